The van der Waals surface area contributed by atoms with Crippen molar-refractivity contribution in [3.63, 3.8) is 0 Å². The summed E-state index contributed by atoms with van der Waals surface area (Å²) in [5, 5.41) is 0. The number of H-pyrrole nitrogens is 1. The number of aromatic amines is 1. The fraction of sp³-hybridized carbons (Fsp3) is 0.364. The molecule has 0 radical (unpaired) electrons. The normalized spacial score (nSPS) is 14.7. The molecule has 0 saturated carbocycles. The van der Waals surface area contributed by atoms with Gasteiger partial charge >= 0.3 is 5.97 Å². The third-order valence-electron chi connectivity index (χ3n) is 5.55. The summed E-state index contributed by atoms with van der Waals surface area (Å²) in [5.74, 6) is -1.34. The van der Waals surface area contributed by atoms with E-state index in [4.69, 9.17) is 0 Å². The van der Waals surface area contributed by atoms with E-state index in [1.807, 2.05) is 30.2 Å². The van der Waals surface area contributed by atoms with E-state index in [1.54, 1.807) is 6.07 Å². The summed E-state index contributed by atoms with van der Waals surface area (Å²) in [5.41, 5.74) is 3.51. The van der Waals surface area contributed by atoms with Gasteiger partial charge in [0.1, 0.15) is 0 Å². The van der Waals surface area contributed by atoms with Crippen LogP contribution in [0.4, 0.5) is 10.1 Å². The van der Waals surface area contributed by atoms with Crippen LogP contribution in [0.3, 0.4) is 0 Å². The molecule has 1 fully saturated rings. The van der Waals surface area contributed by atoms with E-state index in [2.05, 4.69) is 24.6 Å². The van der Waals surface area contributed by atoms with Crippen molar-refractivity contribution < 1.29 is 13.9 Å². The summed E-state index contributed by atoms with van der Waals surface area (Å²) in [6, 6.07) is 6.84. The average molecular weight is 425 g/mol. The number of halogens is 1. The molecule has 0 unspecified atom stereocenters. The lowest BCUT2D eigenvalue weighted by Crippen LogP contribution is -2.46. The van der Waals surface area contributed by atoms with Crippen LogP contribution >= 0.6 is 0 Å². The maximum Gasteiger partial charge on any atom is 0.356 e. The first-order valence-electron chi connectivity index (χ1n) is 10.2. The van der Waals surface area contributed by atoms with Crippen LogP contribution in [0.2, 0.25) is 0 Å². The highest BCUT2D eigenvalue weighted by Crippen LogP contribution is 2.21. The zero-order chi connectivity index (χ0) is 22.0. The maximum atomic E-state index is 14.4. The molecule has 0 atom stereocenters. The van der Waals surface area contributed by atoms with E-state index in [1.165, 1.54) is 13.2 Å². The number of carbonyl (C=O) groups is 1. The molecule has 31 heavy (non-hydrogen) atoms. The lowest BCUT2D eigenvalue weighted by atomic mass is 10.1. The second-order valence-electron chi connectivity index (χ2n) is 7.51. The largest absolute Gasteiger partial charge is 0.464 e. The lowest BCUT2D eigenvalue weighted by Gasteiger charge is -2.36. The topological polar surface area (TPSA) is 91.4 Å². The molecule has 4 heterocycles. The number of piperazine rings is 1. The standard InChI is InChI=1S/C22H24FN5O3/c1-3-15-11-17-18(26-21(15)29)10-14(12-24-17)13-27-6-8-28(9-7-27)19-5-4-16(22(30)31-2)25-20(19)23/h4-5,10-12H,3,6-9,13H2,1-2H3,(H,26,29). The van der Waals surface area contributed by atoms with Crippen molar-refractivity contribution in [2.24, 2.45) is 0 Å². The van der Waals surface area contributed by atoms with Gasteiger partial charge in [0, 0.05) is 44.5 Å². The average Bonchev–Trinajstić information content (AvgIpc) is 2.78. The fourth-order valence-electron chi connectivity index (χ4n) is 3.80. The molecule has 1 aliphatic heterocycles. The smallest absolute Gasteiger partial charge is 0.356 e. The van der Waals surface area contributed by atoms with Gasteiger partial charge in [-0.3, -0.25) is 14.7 Å². The number of hydrogen-bond donors (Lipinski definition) is 1. The molecule has 0 aromatic carbocycles. The molecule has 1 N–H and O–H groups in total. The maximum absolute atomic E-state index is 14.4. The number of esters is 1. The van der Waals surface area contributed by atoms with Crippen LogP contribution < -0.4 is 10.5 Å². The van der Waals surface area contributed by atoms with E-state index >= 15 is 0 Å². The van der Waals surface area contributed by atoms with Crippen LogP contribution in [-0.2, 0) is 17.7 Å². The first-order valence-corrected chi connectivity index (χ1v) is 10.2. The highest BCUT2D eigenvalue weighted by Gasteiger charge is 2.21. The molecule has 1 aliphatic rings. The van der Waals surface area contributed by atoms with Crippen molar-refractivity contribution in [1.29, 1.82) is 0 Å². The number of aromatic nitrogens is 3. The predicted octanol–water partition coefficient (Wildman–Crippen LogP) is 2.13. The van der Waals surface area contributed by atoms with E-state index in [0.717, 1.165) is 35.2 Å². The number of methoxy groups -OCH3 is 1. The molecule has 8 nitrogen and oxygen atoms in total. The number of pyridine rings is 3. The van der Waals surface area contributed by atoms with Gasteiger partial charge in [0.15, 0.2) is 5.69 Å². The number of hydrogen-bond acceptors (Lipinski definition) is 7. The summed E-state index contributed by atoms with van der Waals surface area (Å²) in [6.45, 7) is 5.38. The van der Waals surface area contributed by atoms with Gasteiger partial charge in [-0.25, -0.2) is 9.78 Å². The second kappa shape index (κ2) is 8.81. The third kappa shape index (κ3) is 4.41. The first-order chi connectivity index (χ1) is 15.0. The molecule has 0 spiro atoms. The fourth-order valence-corrected chi connectivity index (χ4v) is 3.80. The van der Waals surface area contributed by atoms with E-state index < -0.39 is 11.9 Å². The minimum absolute atomic E-state index is 0.0460. The monoisotopic (exact) mass is 425 g/mol. The molecule has 4 rings (SSSR count). The number of ether oxygens (including phenoxy) is 1. The Kier molecular flexibility index (Phi) is 5.94. The van der Waals surface area contributed by atoms with Gasteiger partial charge in [0.05, 0.1) is 23.8 Å². The molecule has 0 aliphatic carbocycles. The zero-order valence-electron chi connectivity index (χ0n) is 17.5. The highest BCUT2D eigenvalue weighted by atomic mass is 19.1. The highest BCUT2D eigenvalue weighted by molar-refractivity contribution is 5.87. The molecule has 3 aromatic heterocycles. The summed E-state index contributed by atoms with van der Waals surface area (Å²) in [7, 11) is 1.24. The van der Waals surface area contributed by atoms with Gasteiger partial charge in [-0.2, -0.15) is 4.39 Å². The lowest BCUT2D eigenvalue weighted by molar-refractivity contribution is 0.0592. The van der Waals surface area contributed by atoms with Gasteiger partial charge in [0.2, 0.25) is 5.95 Å². The van der Waals surface area contributed by atoms with Crippen molar-refractivity contribution in [3.05, 3.63) is 63.6 Å². The summed E-state index contributed by atoms with van der Waals surface area (Å²) < 4.78 is 19.0. The molecule has 0 bridgehead atoms. The van der Waals surface area contributed by atoms with Crippen LogP contribution in [0.1, 0.15) is 28.5 Å². The number of nitrogens with zero attached hydrogens (tertiary/aromatic N) is 4. The molecule has 0 amide bonds. The predicted molar refractivity (Wildman–Crippen MR) is 115 cm³/mol. The zero-order valence-corrected chi connectivity index (χ0v) is 17.5. The third-order valence-corrected chi connectivity index (χ3v) is 5.55. The molecule has 9 heteroatoms. The quantitative estimate of drug-likeness (QED) is 0.495. The van der Waals surface area contributed by atoms with Crippen molar-refractivity contribution in [3.8, 4) is 0 Å². The molecular weight excluding hydrogens is 401 g/mol. The molecular formula is C22H24FN5O3. The van der Waals surface area contributed by atoms with E-state index in [9.17, 15) is 14.0 Å². The minimum atomic E-state index is -0.675. The minimum Gasteiger partial charge on any atom is -0.464 e. The van der Waals surface area contributed by atoms with Crippen molar-refractivity contribution >= 4 is 22.7 Å². The Morgan fingerprint density at radius 2 is 2.00 bits per heavy atom. The van der Waals surface area contributed by atoms with Crippen molar-refractivity contribution in [2.75, 3.05) is 38.2 Å². The number of rotatable bonds is 5. The Morgan fingerprint density at radius 1 is 1.23 bits per heavy atom. The number of fused-ring (bicyclic) bond motifs is 1. The number of nitrogens with one attached hydrogen (secondary N) is 1. The van der Waals surface area contributed by atoms with Gasteiger partial charge in [0.25, 0.3) is 5.56 Å². The Morgan fingerprint density at radius 3 is 2.68 bits per heavy atom. The van der Waals surface area contributed by atoms with Crippen LogP contribution in [0.15, 0.2) is 35.3 Å². The first kappa shape index (κ1) is 20.9. The number of carbonyl (C=O) groups excluding carboxylic acids is 1. The summed E-state index contributed by atoms with van der Waals surface area (Å²) >= 11 is 0. The summed E-state index contributed by atoms with van der Waals surface area (Å²) in [4.78, 5) is 38.9. The van der Waals surface area contributed by atoms with Gasteiger partial charge in [-0.1, -0.05) is 6.92 Å². The Hall–Kier alpha value is -3.33. The molecule has 3 aromatic rings. The number of anilines is 1. The van der Waals surface area contributed by atoms with E-state index in [-0.39, 0.29) is 11.3 Å². The Labute approximate surface area is 178 Å². The van der Waals surface area contributed by atoms with Crippen LogP contribution in [0.25, 0.3) is 11.0 Å². The molecule has 162 valence electrons. The SMILES string of the molecule is CCc1cc2ncc(CN3CCN(c4ccc(C(=O)OC)nc4F)CC3)cc2[nH]c1=O. The van der Waals surface area contributed by atoms with Crippen LogP contribution in [-0.4, -0.2) is 59.1 Å². The molecule has 1 saturated heterocycles. The second-order valence-corrected chi connectivity index (χ2v) is 7.51. The van der Waals surface area contributed by atoms with Crippen LogP contribution in [0, 0.1) is 5.95 Å². The number of aryl methyl sites for hydroxylation is 1. The van der Waals surface area contributed by atoms with Crippen molar-refractivity contribution in [1.82, 2.24) is 19.9 Å². The van der Waals surface area contributed by atoms with Gasteiger partial charge in [-0.05, 0) is 36.2 Å². The Balaban J connectivity index is 1.41. The Bertz CT molecular complexity index is 1170. The van der Waals surface area contributed by atoms with Gasteiger partial charge in [-0.15, -0.1) is 0 Å². The van der Waals surface area contributed by atoms with E-state index in [0.29, 0.717) is 31.7 Å². The summed E-state index contributed by atoms with van der Waals surface area (Å²) in [6.07, 6.45) is 2.50. The van der Waals surface area contributed by atoms with Gasteiger partial charge < -0.3 is 14.6 Å². The van der Waals surface area contributed by atoms with Crippen LogP contribution in [0.5, 0.6) is 0 Å². The van der Waals surface area contributed by atoms with Crippen molar-refractivity contribution in [2.45, 2.75) is 19.9 Å².